The largest absolute Gasteiger partial charge is 0.393 e. The number of aliphatic hydroxyl groups is 1. The highest BCUT2D eigenvalue weighted by Crippen LogP contribution is 2.35. The van der Waals surface area contributed by atoms with E-state index in [0.29, 0.717) is 12.0 Å². The van der Waals surface area contributed by atoms with Crippen LogP contribution in [0, 0.1) is 5.92 Å². The number of nitrogens with one attached hydrogen (secondary N) is 2. The van der Waals surface area contributed by atoms with E-state index < -0.39 is 0 Å². The Labute approximate surface area is 191 Å². The standard InChI is InChI=1S/C26H36N4O2/c1-26(2)14-17(11-12-32-26)15-27-23-10-5-18-3-4-19-16-28-24(13-22(19)25(18)30-23)29-20-6-8-21(31)9-7-20/h5,10,13,16-17,20-21,31H,3-4,6-9,11-12,14-15H2,1-2H3,(H,27,30)(H,28,29)/t17?,20-,21-. The number of hydrogen-bond acceptors (Lipinski definition) is 6. The molecule has 3 aliphatic rings. The second kappa shape index (κ2) is 8.99. The number of hydrogen-bond donors (Lipinski definition) is 3. The Morgan fingerprint density at radius 1 is 1.06 bits per heavy atom. The van der Waals surface area contributed by atoms with Gasteiger partial charge in [0.15, 0.2) is 0 Å². The molecule has 172 valence electrons. The summed E-state index contributed by atoms with van der Waals surface area (Å²) in [6, 6.07) is 6.92. The lowest BCUT2D eigenvalue weighted by molar-refractivity contribution is -0.0699. The predicted octanol–water partition coefficient (Wildman–Crippen LogP) is 4.57. The number of fused-ring (bicyclic) bond motifs is 3. The zero-order valence-corrected chi connectivity index (χ0v) is 19.4. The molecule has 2 aliphatic carbocycles. The summed E-state index contributed by atoms with van der Waals surface area (Å²) < 4.78 is 5.86. The Morgan fingerprint density at radius 3 is 2.69 bits per heavy atom. The number of nitrogens with zero attached hydrogens (tertiary/aromatic N) is 2. The molecule has 1 aliphatic heterocycles. The molecular formula is C26H36N4O2. The van der Waals surface area contributed by atoms with Gasteiger partial charge in [-0.05, 0) is 94.4 Å². The maximum absolute atomic E-state index is 9.77. The molecule has 1 atom stereocenters. The number of aryl methyl sites for hydroxylation is 2. The van der Waals surface area contributed by atoms with Crippen LogP contribution in [0.25, 0.3) is 11.3 Å². The van der Waals surface area contributed by atoms with Gasteiger partial charge in [-0.2, -0.15) is 0 Å². The first-order valence-corrected chi connectivity index (χ1v) is 12.3. The van der Waals surface area contributed by atoms with Crippen molar-refractivity contribution < 1.29 is 9.84 Å². The van der Waals surface area contributed by atoms with Crippen LogP contribution >= 0.6 is 0 Å². The first kappa shape index (κ1) is 21.7. The van der Waals surface area contributed by atoms with Gasteiger partial charge in [-0.15, -0.1) is 0 Å². The summed E-state index contributed by atoms with van der Waals surface area (Å²) in [6.07, 6.45) is 9.80. The molecule has 1 unspecified atom stereocenters. The highest BCUT2D eigenvalue weighted by Gasteiger charge is 2.29. The minimum Gasteiger partial charge on any atom is -0.393 e. The van der Waals surface area contributed by atoms with E-state index >= 15 is 0 Å². The lowest BCUT2D eigenvalue weighted by Gasteiger charge is -2.35. The molecule has 0 bridgehead atoms. The second-order valence-electron chi connectivity index (χ2n) is 10.4. The van der Waals surface area contributed by atoms with Gasteiger partial charge in [0.05, 0.1) is 17.4 Å². The summed E-state index contributed by atoms with van der Waals surface area (Å²) in [5.74, 6) is 2.48. The number of aromatic nitrogens is 2. The molecule has 2 aromatic heterocycles. The van der Waals surface area contributed by atoms with E-state index in [2.05, 4.69) is 47.7 Å². The van der Waals surface area contributed by atoms with E-state index in [4.69, 9.17) is 9.72 Å². The van der Waals surface area contributed by atoms with Gasteiger partial charge in [0.2, 0.25) is 0 Å². The Bertz CT molecular complexity index is 953. The average molecular weight is 437 g/mol. The van der Waals surface area contributed by atoms with E-state index in [1.165, 1.54) is 16.7 Å². The fourth-order valence-corrected chi connectivity index (χ4v) is 5.48. The van der Waals surface area contributed by atoms with Crippen molar-refractivity contribution in [2.24, 2.45) is 5.92 Å². The summed E-state index contributed by atoms with van der Waals surface area (Å²) in [5, 5.41) is 17.0. The van der Waals surface area contributed by atoms with Gasteiger partial charge in [0.1, 0.15) is 11.6 Å². The number of rotatable bonds is 5. The van der Waals surface area contributed by atoms with Crippen molar-refractivity contribution in [3.8, 4) is 11.3 Å². The molecule has 0 spiro atoms. The molecule has 5 rings (SSSR count). The van der Waals surface area contributed by atoms with Crippen molar-refractivity contribution >= 4 is 11.6 Å². The fraction of sp³-hybridized carbons (Fsp3) is 0.615. The molecule has 3 N–H and O–H groups in total. The number of anilines is 2. The molecule has 6 nitrogen and oxygen atoms in total. The monoisotopic (exact) mass is 436 g/mol. The Morgan fingerprint density at radius 2 is 1.88 bits per heavy atom. The van der Waals surface area contributed by atoms with Crippen molar-refractivity contribution in [2.45, 2.75) is 83.0 Å². The van der Waals surface area contributed by atoms with E-state index in [9.17, 15) is 5.11 Å². The van der Waals surface area contributed by atoms with Crippen molar-refractivity contribution in [2.75, 3.05) is 23.8 Å². The third-order valence-electron chi connectivity index (χ3n) is 7.30. The van der Waals surface area contributed by atoms with Crippen molar-refractivity contribution in [1.82, 2.24) is 9.97 Å². The predicted molar refractivity (Wildman–Crippen MR) is 128 cm³/mol. The minimum atomic E-state index is -0.140. The summed E-state index contributed by atoms with van der Waals surface area (Å²) in [6.45, 7) is 6.14. The van der Waals surface area contributed by atoms with E-state index in [1.54, 1.807) is 0 Å². The molecule has 32 heavy (non-hydrogen) atoms. The molecule has 6 heteroatoms. The lowest BCUT2D eigenvalue weighted by Crippen LogP contribution is -2.36. The molecule has 0 radical (unpaired) electrons. The van der Waals surface area contributed by atoms with Crippen LogP contribution in [0.2, 0.25) is 0 Å². The molecular weight excluding hydrogens is 400 g/mol. The van der Waals surface area contributed by atoms with Gasteiger partial charge >= 0.3 is 0 Å². The molecule has 1 saturated carbocycles. The first-order valence-electron chi connectivity index (χ1n) is 12.3. The van der Waals surface area contributed by atoms with Crippen molar-refractivity contribution in [1.29, 1.82) is 0 Å². The molecule has 3 heterocycles. The molecule has 2 aromatic rings. The van der Waals surface area contributed by atoms with Gasteiger partial charge in [-0.25, -0.2) is 9.97 Å². The van der Waals surface area contributed by atoms with Crippen LogP contribution < -0.4 is 10.6 Å². The number of pyridine rings is 2. The van der Waals surface area contributed by atoms with Crippen LogP contribution in [-0.2, 0) is 17.6 Å². The van der Waals surface area contributed by atoms with Crippen molar-refractivity contribution in [3.63, 3.8) is 0 Å². The maximum atomic E-state index is 9.77. The molecule has 0 aromatic carbocycles. The zero-order chi connectivity index (χ0) is 22.1. The number of ether oxygens (including phenoxy) is 1. The zero-order valence-electron chi connectivity index (χ0n) is 19.4. The summed E-state index contributed by atoms with van der Waals surface area (Å²) >= 11 is 0. The van der Waals surface area contributed by atoms with E-state index in [0.717, 1.165) is 81.8 Å². The van der Waals surface area contributed by atoms with Crippen LogP contribution in [0.15, 0.2) is 24.4 Å². The van der Waals surface area contributed by atoms with Crippen LogP contribution in [0.1, 0.15) is 63.5 Å². The number of aliphatic hydroxyl groups excluding tert-OH is 1. The van der Waals surface area contributed by atoms with Gasteiger partial charge in [0.25, 0.3) is 0 Å². The summed E-state index contributed by atoms with van der Waals surface area (Å²) in [4.78, 5) is 9.72. The molecule has 2 fully saturated rings. The van der Waals surface area contributed by atoms with Crippen LogP contribution in [0.5, 0.6) is 0 Å². The Kier molecular flexibility index (Phi) is 6.08. The average Bonchev–Trinajstić information content (AvgIpc) is 2.78. The van der Waals surface area contributed by atoms with Crippen LogP contribution in [0.3, 0.4) is 0 Å². The summed E-state index contributed by atoms with van der Waals surface area (Å²) in [5.41, 5.74) is 4.86. The second-order valence-corrected chi connectivity index (χ2v) is 10.4. The third-order valence-corrected chi connectivity index (χ3v) is 7.30. The highest BCUT2D eigenvalue weighted by atomic mass is 16.5. The van der Waals surface area contributed by atoms with E-state index in [1.807, 2.05) is 6.20 Å². The van der Waals surface area contributed by atoms with Gasteiger partial charge < -0.3 is 20.5 Å². The highest BCUT2D eigenvalue weighted by molar-refractivity contribution is 5.73. The van der Waals surface area contributed by atoms with Gasteiger partial charge in [-0.3, -0.25) is 0 Å². The SMILES string of the molecule is CC1(C)CC(CNc2ccc3c(n2)-c2cc(N[C@H]4CC[C@H](O)CC4)ncc2CC3)CCO1. The van der Waals surface area contributed by atoms with E-state index in [-0.39, 0.29) is 11.7 Å². The lowest BCUT2D eigenvalue weighted by atomic mass is 9.88. The normalized spacial score (nSPS) is 26.7. The topological polar surface area (TPSA) is 79.3 Å². The fourth-order valence-electron chi connectivity index (χ4n) is 5.48. The van der Waals surface area contributed by atoms with Crippen LogP contribution in [-0.4, -0.2) is 46.0 Å². The Balaban J connectivity index is 1.31. The minimum absolute atomic E-state index is 0.0281. The quantitative estimate of drug-likeness (QED) is 0.637. The summed E-state index contributed by atoms with van der Waals surface area (Å²) in [7, 11) is 0. The van der Waals surface area contributed by atoms with Gasteiger partial charge in [0, 0.05) is 31.0 Å². The maximum Gasteiger partial charge on any atom is 0.126 e. The molecule has 1 saturated heterocycles. The van der Waals surface area contributed by atoms with Crippen molar-refractivity contribution in [3.05, 3.63) is 35.5 Å². The Hall–Kier alpha value is -2.18. The first-order chi connectivity index (χ1) is 15.4. The third kappa shape index (κ3) is 4.91. The smallest absolute Gasteiger partial charge is 0.126 e. The molecule has 0 amide bonds. The van der Waals surface area contributed by atoms with Crippen LogP contribution in [0.4, 0.5) is 11.6 Å². The van der Waals surface area contributed by atoms with Gasteiger partial charge in [-0.1, -0.05) is 6.07 Å².